The van der Waals surface area contributed by atoms with E-state index < -0.39 is 6.04 Å². The molecule has 1 fully saturated rings. The van der Waals surface area contributed by atoms with Crippen molar-refractivity contribution in [3.05, 3.63) is 34.9 Å². The van der Waals surface area contributed by atoms with Crippen LogP contribution in [0.2, 0.25) is 5.02 Å². The Bertz CT molecular complexity index is 400. The molecular formula is C11H10ClNO2. The van der Waals surface area contributed by atoms with Gasteiger partial charge in [-0.3, -0.25) is 9.59 Å². The first kappa shape index (κ1) is 10.2. The van der Waals surface area contributed by atoms with Gasteiger partial charge in [-0.2, -0.15) is 0 Å². The SMILES string of the molecule is O=C1CCC(=O)C(c2ccc(Cl)cc2)N1. The summed E-state index contributed by atoms with van der Waals surface area (Å²) in [6.45, 7) is 0. The van der Waals surface area contributed by atoms with Gasteiger partial charge >= 0.3 is 0 Å². The molecule has 1 atom stereocenters. The molecule has 0 aliphatic carbocycles. The van der Waals surface area contributed by atoms with E-state index in [1.54, 1.807) is 24.3 Å². The molecule has 0 bridgehead atoms. The molecular weight excluding hydrogens is 214 g/mol. The molecule has 4 heteroatoms. The summed E-state index contributed by atoms with van der Waals surface area (Å²) in [6, 6.07) is 6.45. The monoisotopic (exact) mass is 223 g/mol. The maximum Gasteiger partial charge on any atom is 0.221 e. The van der Waals surface area contributed by atoms with Gasteiger partial charge in [0.1, 0.15) is 6.04 Å². The van der Waals surface area contributed by atoms with E-state index in [-0.39, 0.29) is 11.7 Å². The first-order valence-corrected chi connectivity index (χ1v) is 5.12. The predicted octanol–water partition coefficient (Wildman–Crippen LogP) is 1.86. The number of Topliss-reactive ketones (excluding diaryl/α,β-unsaturated/α-hetero) is 1. The first-order chi connectivity index (χ1) is 7.16. The van der Waals surface area contributed by atoms with Gasteiger partial charge in [-0.15, -0.1) is 0 Å². The van der Waals surface area contributed by atoms with Crippen molar-refractivity contribution in [2.75, 3.05) is 0 Å². The fourth-order valence-electron chi connectivity index (χ4n) is 1.62. The largest absolute Gasteiger partial charge is 0.342 e. The molecule has 1 aliphatic rings. The molecule has 1 saturated heterocycles. The van der Waals surface area contributed by atoms with E-state index >= 15 is 0 Å². The summed E-state index contributed by atoms with van der Waals surface area (Å²) in [6.07, 6.45) is 0.613. The Balaban J connectivity index is 2.25. The average Bonchev–Trinajstić information content (AvgIpc) is 2.23. The van der Waals surface area contributed by atoms with Crippen LogP contribution >= 0.6 is 11.6 Å². The van der Waals surface area contributed by atoms with Gasteiger partial charge in [-0.05, 0) is 17.7 Å². The van der Waals surface area contributed by atoms with Gasteiger partial charge in [0.15, 0.2) is 5.78 Å². The summed E-state index contributed by atoms with van der Waals surface area (Å²) < 4.78 is 0. The van der Waals surface area contributed by atoms with Crippen LogP contribution in [0.1, 0.15) is 24.4 Å². The van der Waals surface area contributed by atoms with Crippen molar-refractivity contribution in [3.63, 3.8) is 0 Å². The maximum atomic E-state index is 11.6. The van der Waals surface area contributed by atoms with Crippen LogP contribution in [-0.4, -0.2) is 11.7 Å². The van der Waals surface area contributed by atoms with Gasteiger partial charge in [-0.1, -0.05) is 23.7 Å². The Hall–Kier alpha value is -1.35. The topological polar surface area (TPSA) is 46.2 Å². The Morgan fingerprint density at radius 3 is 2.47 bits per heavy atom. The average molecular weight is 224 g/mol. The van der Waals surface area contributed by atoms with Gasteiger partial charge in [0.25, 0.3) is 0 Å². The standard InChI is InChI=1S/C11H10ClNO2/c12-8-3-1-7(2-4-8)11-9(14)5-6-10(15)13-11/h1-4,11H,5-6H2,(H,13,15). The number of carbonyl (C=O) groups excluding carboxylic acids is 2. The highest BCUT2D eigenvalue weighted by molar-refractivity contribution is 6.30. The van der Waals surface area contributed by atoms with Crippen molar-refractivity contribution in [1.29, 1.82) is 0 Å². The molecule has 1 aliphatic heterocycles. The molecule has 0 radical (unpaired) electrons. The first-order valence-electron chi connectivity index (χ1n) is 4.74. The van der Waals surface area contributed by atoms with Gasteiger partial charge < -0.3 is 5.32 Å². The third-order valence-corrected chi connectivity index (χ3v) is 2.68. The number of rotatable bonds is 1. The fourth-order valence-corrected chi connectivity index (χ4v) is 1.75. The Labute approximate surface area is 92.4 Å². The van der Waals surface area contributed by atoms with E-state index in [1.165, 1.54) is 0 Å². The molecule has 1 aromatic rings. The van der Waals surface area contributed by atoms with Crippen LogP contribution in [-0.2, 0) is 9.59 Å². The van der Waals surface area contributed by atoms with E-state index in [0.29, 0.717) is 17.9 Å². The summed E-state index contributed by atoms with van der Waals surface area (Å²) in [5, 5.41) is 3.29. The van der Waals surface area contributed by atoms with Crippen molar-refractivity contribution in [3.8, 4) is 0 Å². The lowest BCUT2D eigenvalue weighted by atomic mass is 9.96. The lowest BCUT2D eigenvalue weighted by Crippen LogP contribution is -2.38. The lowest BCUT2D eigenvalue weighted by molar-refractivity contribution is -0.132. The zero-order chi connectivity index (χ0) is 10.8. The Morgan fingerprint density at radius 2 is 1.80 bits per heavy atom. The molecule has 0 aromatic heterocycles. The van der Waals surface area contributed by atoms with E-state index in [9.17, 15) is 9.59 Å². The minimum Gasteiger partial charge on any atom is -0.342 e. The van der Waals surface area contributed by atoms with Gasteiger partial charge in [0.05, 0.1) is 0 Å². The molecule has 1 amide bonds. The van der Waals surface area contributed by atoms with Crippen LogP contribution in [0, 0.1) is 0 Å². The number of piperidine rings is 1. The number of amides is 1. The summed E-state index contributed by atoms with van der Waals surface area (Å²) in [4.78, 5) is 22.7. The van der Waals surface area contributed by atoms with Crippen LogP contribution in [0.3, 0.4) is 0 Å². The highest BCUT2D eigenvalue weighted by Crippen LogP contribution is 2.21. The second-order valence-corrected chi connectivity index (χ2v) is 3.95. The van der Waals surface area contributed by atoms with Crippen LogP contribution in [0.15, 0.2) is 24.3 Å². The maximum absolute atomic E-state index is 11.6. The molecule has 2 rings (SSSR count). The molecule has 1 N–H and O–H groups in total. The summed E-state index contributed by atoms with van der Waals surface area (Å²) in [7, 11) is 0. The summed E-state index contributed by atoms with van der Waals surface area (Å²) in [5.74, 6) is -0.0218. The summed E-state index contributed by atoms with van der Waals surface area (Å²) >= 11 is 5.74. The van der Waals surface area contributed by atoms with Crippen molar-refractivity contribution in [2.24, 2.45) is 0 Å². The number of carbonyl (C=O) groups is 2. The van der Waals surface area contributed by atoms with Crippen LogP contribution in [0.4, 0.5) is 0 Å². The summed E-state index contributed by atoms with van der Waals surface area (Å²) in [5.41, 5.74) is 0.789. The number of hydrogen-bond donors (Lipinski definition) is 1. The van der Waals surface area contributed by atoms with Gasteiger partial charge in [0.2, 0.25) is 5.91 Å². The van der Waals surface area contributed by atoms with Crippen molar-refractivity contribution < 1.29 is 9.59 Å². The molecule has 1 aromatic carbocycles. The normalized spacial score (nSPS) is 21.3. The molecule has 0 spiro atoms. The van der Waals surface area contributed by atoms with E-state index in [0.717, 1.165) is 5.56 Å². The third-order valence-electron chi connectivity index (χ3n) is 2.43. The lowest BCUT2D eigenvalue weighted by Gasteiger charge is -2.22. The Morgan fingerprint density at radius 1 is 1.13 bits per heavy atom. The van der Waals surface area contributed by atoms with Crippen LogP contribution < -0.4 is 5.32 Å². The van der Waals surface area contributed by atoms with E-state index in [2.05, 4.69) is 5.32 Å². The van der Waals surface area contributed by atoms with Crippen LogP contribution in [0.25, 0.3) is 0 Å². The van der Waals surface area contributed by atoms with E-state index in [4.69, 9.17) is 11.6 Å². The van der Waals surface area contributed by atoms with Crippen molar-refractivity contribution >= 4 is 23.3 Å². The molecule has 1 heterocycles. The van der Waals surface area contributed by atoms with E-state index in [1.807, 2.05) is 0 Å². The second-order valence-electron chi connectivity index (χ2n) is 3.52. The molecule has 0 saturated carbocycles. The third kappa shape index (κ3) is 2.18. The number of halogens is 1. The second kappa shape index (κ2) is 4.03. The quantitative estimate of drug-likeness (QED) is 0.790. The minimum atomic E-state index is -0.497. The minimum absolute atomic E-state index is 0.0527. The Kier molecular flexibility index (Phi) is 2.73. The van der Waals surface area contributed by atoms with Crippen molar-refractivity contribution in [2.45, 2.75) is 18.9 Å². The zero-order valence-electron chi connectivity index (χ0n) is 8.00. The smallest absolute Gasteiger partial charge is 0.221 e. The highest BCUT2D eigenvalue weighted by atomic mass is 35.5. The fraction of sp³-hybridized carbons (Fsp3) is 0.273. The predicted molar refractivity (Wildman–Crippen MR) is 56.6 cm³/mol. The molecule has 78 valence electrons. The number of benzene rings is 1. The van der Waals surface area contributed by atoms with Crippen molar-refractivity contribution in [1.82, 2.24) is 5.32 Å². The van der Waals surface area contributed by atoms with Gasteiger partial charge in [-0.25, -0.2) is 0 Å². The highest BCUT2D eigenvalue weighted by Gasteiger charge is 2.27. The number of nitrogens with one attached hydrogen (secondary N) is 1. The number of hydrogen-bond acceptors (Lipinski definition) is 2. The molecule has 1 unspecified atom stereocenters. The number of ketones is 1. The van der Waals surface area contributed by atoms with Gasteiger partial charge in [0, 0.05) is 17.9 Å². The van der Waals surface area contributed by atoms with Crippen LogP contribution in [0.5, 0.6) is 0 Å². The molecule has 15 heavy (non-hydrogen) atoms. The molecule has 3 nitrogen and oxygen atoms in total. The zero-order valence-corrected chi connectivity index (χ0v) is 8.75.